The molecule has 7 heteroatoms. The highest BCUT2D eigenvalue weighted by Crippen LogP contribution is 2.24. The fraction of sp³-hybridized carbons (Fsp3) is 0.167. The minimum Gasteiger partial charge on any atom is -0.324 e. The van der Waals surface area contributed by atoms with Crippen molar-refractivity contribution in [3.63, 3.8) is 0 Å². The van der Waals surface area contributed by atoms with Gasteiger partial charge in [-0.05, 0) is 43.7 Å². The van der Waals surface area contributed by atoms with Crippen LogP contribution in [0.15, 0.2) is 53.7 Å². The molecule has 1 amide bonds. The van der Waals surface area contributed by atoms with Gasteiger partial charge in [0.15, 0.2) is 5.16 Å². The summed E-state index contributed by atoms with van der Waals surface area (Å²) in [6, 6.07) is 15.2. The Bertz CT molecular complexity index is 910. The maximum atomic E-state index is 12.2. The molecule has 0 spiro atoms. The topological polar surface area (TPSA) is 59.8 Å². The lowest BCUT2D eigenvalue weighted by atomic mass is 10.2. The molecule has 3 rings (SSSR count). The number of aromatic nitrogens is 3. The quantitative estimate of drug-likeness (QED) is 0.679. The average Bonchev–Trinajstić information content (AvgIpc) is 2.96. The minimum atomic E-state index is -0.144. The summed E-state index contributed by atoms with van der Waals surface area (Å²) in [7, 11) is 0. The SMILES string of the molecule is Cc1cccc(-n2c(C)nnc2SCC(=O)Nc2ccccc2Cl)c1. The predicted molar refractivity (Wildman–Crippen MR) is 102 cm³/mol. The lowest BCUT2D eigenvalue weighted by Gasteiger charge is -2.10. The lowest BCUT2D eigenvalue weighted by Crippen LogP contribution is -2.14. The van der Waals surface area contributed by atoms with E-state index >= 15 is 0 Å². The molecule has 25 heavy (non-hydrogen) atoms. The Balaban J connectivity index is 1.72. The van der Waals surface area contributed by atoms with E-state index in [0.717, 1.165) is 17.1 Å². The molecule has 0 atom stereocenters. The molecule has 0 fully saturated rings. The summed E-state index contributed by atoms with van der Waals surface area (Å²) in [6.07, 6.45) is 0. The van der Waals surface area contributed by atoms with E-state index in [1.54, 1.807) is 12.1 Å². The van der Waals surface area contributed by atoms with Crippen molar-refractivity contribution in [3.05, 3.63) is 64.9 Å². The maximum Gasteiger partial charge on any atom is 0.234 e. The number of hydrogen-bond donors (Lipinski definition) is 1. The summed E-state index contributed by atoms with van der Waals surface area (Å²) in [4.78, 5) is 12.2. The molecule has 0 aliphatic carbocycles. The Morgan fingerprint density at radius 1 is 1.16 bits per heavy atom. The number of anilines is 1. The van der Waals surface area contributed by atoms with Crippen molar-refractivity contribution in [2.24, 2.45) is 0 Å². The lowest BCUT2D eigenvalue weighted by molar-refractivity contribution is -0.113. The maximum absolute atomic E-state index is 12.2. The fourth-order valence-electron chi connectivity index (χ4n) is 2.38. The van der Waals surface area contributed by atoms with Gasteiger partial charge < -0.3 is 5.32 Å². The van der Waals surface area contributed by atoms with Gasteiger partial charge in [0, 0.05) is 5.69 Å². The van der Waals surface area contributed by atoms with Gasteiger partial charge in [-0.1, -0.05) is 47.6 Å². The highest BCUT2D eigenvalue weighted by Gasteiger charge is 2.14. The number of hydrogen-bond acceptors (Lipinski definition) is 4. The predicted octanol–water partition coefficient (Wildman–Crippen LogP) is 4.27. The standard InChI is InChI=1S/C18H17ClN4OS/c1-12-6-5-7-14(10-12)23-13(2)21-22-18(23)25-11-17(24)20-16-9-4-3-8-15(16)19/h3-10H,11H2,1-2H3,(H,20,24). The van der Waals surface area contributed by atoms with Crippen molar-refractivity contribution in [3.8, 4) is 5.69 Å². The third-order valence-corrected chi connectivity index (χ3v) is 4.79. The zero-order valence-corrected chi connectivity index (χ0v) is 15.4. The van der Waals surface area contributed by atoms with E-state index < -0.39 is 0 Å². The number of halogens is 1. The highest BCUT2D eigenvalue weighted by atomic mass is 35.5. The van der Waals surface area contributed by atoms with E-state index in [4.69, 9.17) is 11.6 Å². The molecular formula is C18H17ClN4OS. The minimum absolute atomic E-state index is 0.144. The number of nitrogens with zero attached hydrogens (tertiary/aromatic N) is 3. The molecule has 0 aliphatic heterocycles. The van der Waals surface area contributed by atoms with Gasteiger partial charge in [-0.3, -0.25) is 9.36 Å². The molecule has 0 radical (unpaired) electrons. The van der Waals surface area contributed by atoms with Gasteiger partial charge in [0.05, 0.1) is 16.5 Å². The van der Waals surface area contributed by atoms with E-state index in [1.165, 1.54) is 11.8 Å². The van der Waals surface area contributed by atoms with E-state index in [9.17, 15) is 4.79 Å². The molecule has 0 bridgehead atoms. The van der Waals surface area contributed by atoms with Crippen LogP contribution in [0, 0.1) is 13.8 Å². The Kier molecular flexibility index (Phi) is 5.40. The molecule has 0 unspecified atom stereocenters. The van der Waals surface area contributed by atoms with Crippen LogP contribution in [0.2, 0.25) is 5.02 Å². The zero-order chi connectivity index (χ0) is 17.8. The number of para-hydroxylation sites is 1. The number of benzene rings is 2. The van der Waals surface area contributed by atoms with Crippen molar-refractivity contribution in [2.75, 3.05) is 11.1 Å². The van der Waals surface area contributed by atoms with Gasteiger partial charge in [0.25, 0.3) is 0 Å². The molecular weight excluding hydrogens is 356 g/mol. The van der Waals surface area contributed by atoms with Crippen LogP contribution in [0.1, 0.15) is 11.4 Å². The van der Waals surface area contributed by atoms with Gasteiger partial charge in [-0.2, -0.15) is 0 Å². The first-order chi connectivity index (χ1) is 12.0. The van der Waals surface area contributed by atoms with Gasteiger partial charge in [0.2, 0.25) is 5.91 Å². The van der Waals surface area contributed by atoms with Gasteiger partial charge >= 0.3 is 0 Å². The molecule has 128 valence electrons. The van der Waals surface area contributed by atoms with Crippen LogP contribution >= 0.6 is 23.4 Å². The van der Waals surface area contributed by atoms with Crippen LogP contribution in [0.4, 0.5) is 5.69 Å². The summed E-state index contributed by atoms with van der Waals surface area (Å²) >= 11 is 7.40. The number of carbonyl (C=O) groups is 1. The molecule has 0 saturated heterocycles. The van der Waals surface area contributed by atoms with Crippen molar-refractivity contribution in [1.29, 1.82) is 0 Å². The Morgan fingerprint density at radius 2 is 1.96 bits per heavy atom. The third kappa shape index (κ3) is 4.21. The Hall–Kier alpha value is -2.31. The number of aryl methyl sites for hydroxylation is 2. The van der Waals surface area contributed by atoms with Crippen molar-refractivity contribution >= 4 is 35.0 Å². The third-order valence-electron chi connectivity index (χ3n) is 3.54. The van der Waals surface area contributed by atoms with Crippen LogP contribution < -0.4 is 5.32 Å². The highest BCUT2D eigenvalue weighted by molar-refractivity contribution is 7.99. The van der Waals surface area contributed by atoms with Crippen LogP contribution in [0.25, 0.3) is 5.69 Å². The summed E-state index contributed by atoms with van der Waals surface area (Å²) < 4.78 is 1.94. The second-order valence-corrected chi connectivity index (χ2v) is 6.87. The van der Waals surface area contributed by atoms with Crippen LogP contribution in [0.5, 0.6) is 0 Å². The van der Waals surface area contributed by atoms with Gasteiger partial charge in [-0.25, -0.2) is 0 Å². The van der Waals surface area contributed by atoms with Crippen LogP contribution in [-0.4, -0.2) is 26.4 Å². The van der Waals surface area contributed by atoms with Crippen LogP contribution in [0.3, 0.4) is 0 Å². The first-order valence-corrected chi connectivity index (χ1v) is 9.07. The molecule has 0 aliphatic rings. The molecule has 0 saturated carbocycles. The number of thioether (sulfide) groups is 1. The van der Waals surface area contributed by atoms with Crippen LogP contribution in [-0.2, 0) is 4.79 Å². The van der Waals surface area contributed by atoms with E-state index in [-0.39, 0.29) is 11.7 Å². The largest absolute Gasteiger partial charge is 0.324 e. The monoisotopic (exact) mass is 372 g/mol. The first kappa shape index (κ1) is 17.5. The molecule has 1 N–H and O–H groups in total. The van der Waals surface area contributed by atoms with E-state index in [1.807, 2.05) is 48.7 Å². The zero-order valence-electron chi connectivity index (χ0n) is 13.9. The molecule has 1 aromatic heterocycles. The van der Waals surface area contributed by atoms with Gasteiger partial charge in [0.1, 0.15) is 5.82 Å². The molecule has 5 nitrogen and oxygen atoms in total. The summed E-state index contributed by atoms with van der Waals surface area (Å²) in [5, 5.41) is 12.3. The number of rotatable bonds is 5. The molecule has 1 heterocycles. The first-order valence-electron chi connectivity index (χ1n) is 7.71. The summed E-state index contributed by atoms with van der Waals surface area (Å²) in [5.41, 5.74) is 2.74. The Labute approximate surface area is 155 Å². The molecule has 2 aromatic carbocycles. The number of carbonyl (C=O) groups excluding carboxylic acids is 1. The fourth-order valence-corrected chi connectivity index (χ4v) is 3.36. The van der Waals surface area contributed by atoms with E-state index in [2.05, 4.69) is 21.6 Å². The van der Waals surface area contributed by atoms with Crippen molar-refractivity contribution < 1.29 is 4.79 Å². The Morgan fingerprint density at radius 3 is 2.72 bits per heavy atom. The second-order valence-electron chi connectivity index (χ2n) is 5.52. The summed E-state index contributed by atoms with van der Waals surface area (Å²) in [5.74, 6) is 0.851. The normalized spacial score (nSPS) is 10.7. The van der Waals surface area contributed by atoms with E-state index in [0.29, 0.717) is 15.9 Å². The number of nitrogens with one attached hydrogen (secondary N) is 1. The van der Waals surface area contributed by atoms with Crippen molar-refractivity contribution in [2.45, 2.75) is 19.0 Å². The van der Waals surface area contributed by atoms with Crippen molar-refractivity contribution in [1.82, 2.24) is 14.8 Å². The smallest absolute Gasteiger partial charge is 0.234 e. The van der Waals surface area contributed by atoms with Gasteiger partial charge in [-0.15, -0.1) is 10.2 Å². The molecule has 3 aromatic rings. The summed E-state index contributed by atoms with van der Waals surface area (Å²) in [6.45, 7) is 3.93. The number of amides is 1. The second kappa shape index (κ2) is 7.72. The average molecular weight is 373 g/mol.